The second-order valence-electron chi connectivity index (χ2n) is 5.62. The van der Waals surface area contributed by atoms with Gasteiger partial charge >= 0.3 is 0 Å². The van der Waals surface area contributed by atoms with E-state index in [1.54, 1.807) is 6.07 Å². The maximum absolute atomic E-state index is 13.3. The van der Waals surface area contributed by atoms with E-state index in [2.05, 4.69) is 9.62 Å². The van der Waals surface area contributed by atoms with Crippen LogP contribution < -0.4 is 4.72 Å². The average molecular weight is 309 g/mol. The summed E-state index contributed by atoms with van der Waals surface area (Å²) in [6.45, 7) is 2.77. The number of nitrogens with zero attached hydrogens (tertiary/aromatic N) is 2. The molecule has 112 valence electrons. The number of halogens is 1. The maximum Gasteiger partial charge on any atom is 0.240 e. The standard InChI is InChI=1S/C14H16FN3O2S/c15-13-2-1-12(7-11(13)8-16)21(19,20)17-14-9-18-5-3-10(14)4-6-18/h1-2,7,10,14,17H,3-6,9H2. The minimum atomic E-state index is -3.73. The Morgan fingerprint density at radius 2 is 2.05 bits per heavy atom. The van der Waals surface area contributed by atoms with Crippen LogP contribution in [0.25, 0.3) is 0 Å². The van der Waals surface area contributed by atoms with Gasteiger partial charge in [-0.3, -0.25) is 0 Å². The lowest BCUT2D eigenvalue weighted by Crippen LogP contribution is -2.57. The Labute approximate surface area is 123 Å². The zero-order valence-corrected chi connectivity index (χ0v) is 12.2. The molecule has 3 aliphatic rings. The molecule has 0 amide bonds. The summed E-state index contributed by atoms with van der Waals surface area (Å²) in [7, 11) is -3.73. The van der Waals surface area contributed by atoms with Gasteiger partial charge in [-0.2, -0.15) is 5.26 Å². The van der Waals surface area contributed by atoms with Gasteiger partial charge in [0.1, 0.15) is 11.9 Å². The second-order valence-corrected chi connectivity index (χ2v) is 7.33. The van der Waals surface area contributed by atoms with E-state index >= 15 is 0 Å². The second kappa shape index (κ2) is 5.37. The van der Waals surface area contributed by atoms with E-state index in [4.69, 9.17) is 5.26 Å². The number of fused-ring (bicyclic) bond motifs is 3. The summed E-state index contributed by atoms with van der Waals surface area (Å²) in [6.07, 6.45) is 2.00. The van der Waals surface area contributed by atoms with Crippen molar-refractivity contribution in [3.8, 4) is 6.07 Å². The van der Waals surface area contributed by atoms with E-state index in [1.165, 1.54) is 6.07 Å². The predicted octanol–water partition coefficient (Wildman–Crippen LogP) is 1.07. The van der Waals surface area contributed by atoms with Crippen molar-refractivity contribution in [2.45, 2.75) is 23.8 Å². The number of piperidine rings is 3. The van der Waals surface area contributed by atoms with Gasteiger partial charge in [0.05, 0.1) is 10.5 Å². The molecule has 7 heteroatoms. The summed E-state index contributed by atoms with van der Waals surface area (Å²) in [4.78, 5) is 2.19. The molecule has 0 saturated carbocycles. The Bertz CT molecular complexity index is 691. The van der Waals surface area contributed by atoms with Crippen LogP contribution in [0, 0.1) is 23.1 Å². The number of rotatable bonds is 3. The number of benzene rings is 1. The highest BCUT2D eigenvalue weighted by Crippen LogP contribution is 2.28. The third kappa shape index (κ3) is 2.79. The molecule has 0 aliphatic carbocycles. The smallest absolute Gasteiger partial charge is 0.240 e. The fourth-order valence-corrected chi connectivity index (χ4v) is 4.44. The third-order valence-corrected chi connectivity index (χ3v) is 5.82. The summed E-state index contributed by atoms with van der Waals surface area (Å²) < 4.78 is 40.8. The summed E-state index contributed by atoms with van der Waals surface area (Å²) >= 11 is 0. The van der Waals surface area contributed by atoms with Crippen LogP contribution in [0.5, 0.6) is 0 Å². The molecule has 2 bridgehead atoms. The Hall–Kier alpha value is -1.49. The zero-order chi connectivity index (χ0) is 15.0. The van der Waals surface area contributed by atoms with Gasteiger partial charge in [-0.1, -0.05) is 0 Å². The highest BCUT2D eigenvalue weighted by atomic mass is 32.2. The Balaban J connectivity index is 1.83. The number of hydrogen-bond acceptors (Lipinski definition) is 4. The molecule has 3 heterocycles. The molecule has 3 saturated heterocycles. The molecular weight excluding hydrogens is 293 g/mol. The molecule has 1 aromatic rings. The first-order valence-corrected chi connectivity index (χ1v) is 8.42. The van der Waals surface area contributed by atoms with Crippen LogP contribution >= 0.6 is 0 Å². The summed E-state index contributed by atoms with van der Waals surface area (Å²) in [5.74, 6) is -0.347. The Morgan fingerprint density at radius 3 is 2.62 bits per heavy atom. The van der Waals surface area contributed by atoms with Crippen LogP contribution in [0.4, 0.5) is 4.39 Å². The molecular formula is C14H16FN3O2S. The summed E-state index contributed by atoms with van der Waals surface area (Å²) in [5, 5.41) is 8.80. The molecule has 4 rings (SSSR count). The summed E-state index contributed by atoms with van der Waals surface area (Å²) in [6, 6.07) is 4.85. The van der Waals surface area contributed by atoms with Gasteiger partial charge in [0.25, 0.3) is 0 Å². The van der Waals surface area contributed by atoms with Crippen LogP contribution in [0.1, 0.15) is 18.4 Å². The third-order valence-electron chi connectivity index (χ3n) is 4.33. The van der Waals surface area contributed by atoms with Crippen molar-refractivity contribution in [3.63, 3.8) is 0 Å². The van der Waals surface area contributed by atoms with E-state index in [0.29, 0.717) is 5.92 Å². The van der Waals surface area contributed by atoms with Crippen molar-refractivity contribution < 1.29 is 12.8 Å². The monoisotopic (exact) mass is 309 g/mol. The zero-order valence-electron chi connectivity index (χ0n) is 11.4. The molecule has 1 atom stereocenters. The first-order chi connectivity index (χ1) is 9.99. The molecule has 21 heavy (non-hydrogen) atoms. The predicted molar refractivity (Wildman–Crippen MR) is 74.4 cm³/mol. The molecule has 1 unspecified atom stereocenters. The number of nitrogens with one attached hydrogen (secondary N) is 1. The minimum absolute atomic E-state index is 0.0584. The topological polar surface area (TPSA) is 73.2 Å². The highest BCUT2D eigenvalue weighted by molar-refractivity contribution is 7.89. The fourth-order valence-electron chi connectivity index (χ4n) is 3.12. The van der Waals surface area contributed by atoms with Gasteiger partial charge in [0.2, 0.25) is 10.0 Å². The minimum Gasteiger partial charge on any atom is -0.302 e. The van der Waals surface area contributed by atoms with Crippen molar-refractivity contribution in [2.75, 3.05) is 19.6 Å². The highest BCUT2D eigenvalue weighted by Gasteiger charge is 2.36. The van der Waals surface area contributed by atoms with Crippen LogP contribution in [-0.4, -0.2) is 39.0 Å². The van der Waals surface area contributed by atoms with Gasteiger partial charge in [-0.15, -0.1) is 0 Å². The molecule has 0 radical (unpaired) electrons. The van der Waals surface area contributed by atoms with Crippen LogP contribution in [0.15, 0.2) is 23.1 Å². The van der Waals surface area contributed by atoms with Crippen molar-refractivity contribution >= 4 is 10.0 Å². The number of sulfonamides is 1. The van der Waals surface area contributed by atoms with E-state index in [0.717, 1.165) is 44.6 Å². The van der Waals surface area contributed by atoms with Gasteiger partial charge in [0.15, 0.2) is 0 Å². The van der Waals surface area contributed by atoms with Crippen molar-refractivity contribution in [1.29, 1.82) is 5.26 Å². The van der Waals surface area contributed by atoms with Crippen LogP contribution in [0.3, 0.4) is 0 Å². The lowest BCUT2D eigenvalue weighted by Gasteiger charge is -2.44. The van der Waals surface area contributed by atoms with Crippen molar-refractivity contribution in [1.82, 2.24) is 9.62 Å². The first kappa shape index (κ1) is 14.4. The van der Waals surface area contributed by atoms with Gasteiger partial charge < -0.3 is 4.90 Å². The average Bonchev–Trinajstić information content (AvgIpc) is 2.48. The molecule has 0 spiro atoms. The molecule has 0 aromatic heterocycles. The Kier molecular flexibility index (Phi) is 3.69. The lowest BCUT2D eigenvalue weighted by molar-refractivity contribution is 0.0827. The quantitative estimate of drug-likeness (QED) is 0.906. The normalized spacial score (nSPS) is 28.3. The first-order valence-electron chi connectivity index (χ1n) is 6.94. The number of nitriles is 1. The van der Waals surface area contributed by atoms with E-state index in [9.17, 15) is 12.8 Å². The van der Waals surface area contributed by atoms with E-state index in [-0.39, 0.29) is 16.5 Å². The van der Waals surface area contributed by atoms with Gasteiger partial charge in [0, 0.05) is 12.6 Å². The molecule has 3 fully saturated rings. The van der Waals surface area contributed by atoms with Crippen LogP contribution in [-0.2, 0) is 10.0 Å². The SMILES string of the molecule is N#Cc1cc(S(=O)(=O)NC2CN3CCC2CC3)ccc1F. The fraction of sp³-hybridized carbons (Fsp3) is 0.500. The van der Waals surface area contributed by atoms with Gasteiger partial charge in [-0.25, -0.2) is 17.5 Å². The van der Waals surface area contributed by atoms with Crippen molar-refractivity contribution in [2.24, 2.45) is 5.92 Å². The van der Waals surface area contributed by atoms with Crippen molar-refractivity contribution in [3.05, 3.63) is 29.6 Å². The molecule has 1 N–H and O–H groups in total. The summed E-state index contributed by atoms with van der Waals surface area (Å²) in [5.41, 5.74) is -0.258. The maximum atomic E-state index is 13.3. The van der Waals surface area contributed by atoms with Crippen LogP contribution in [0.2, 0.25) is 0 Å². The molecule has 3 aliphatic heterocycles. The largest absolute Gasteiger partial charge is 0.302 e. The molecule has 5 nitrogen and oxygen atoms in total. The Morgan fingerprint density at radius 1 is 1.33 bits per heavy atom. The van der Waals surface area contributed by atoms with Gasteiger partial charge in [-0.05, 0) is 50.0 Å². The van der Waals surface area contributed by atoms with E-state index in [1.807, 2.05) is 0 Å². The van der Waals surface area contributed by atoms with E-state index < -0.39 is 15.8 Å². The number of hydrogen-bond donors (Lipinski definition) is 1. The molecule has 1 aromatic carbocycles. The lowest BCUT2D eigenvalue weighted by atomic mass is 9.85.